The molecule has 1 aliphatic rings. The fraction of sp³-hybridized carbons (Fsp3) is 0.280. The SMILES string of the molecule is O=C(c1cccc([N+](=O)[O-])c1)N1CCN(CCN(Cc2ccc(F)cc2)C(=O)c2cccs2)CC1. The lowest BCUT2D eigenvalue weighted by Gasteiger charge is -2.36. The first-order chi connectivity index (χ1) is 16.9. The summed E-state index contributed by atoms with van der Waals surface area (Å²) in [6.07, 6.45) is 0. The van der Waals surface area contributed by atoms with Crippen LogP contribution in [0.2, 0.25) is 0 Å². The van der Waals surface area contributed by atoms with Crippen molar-refractivity contribution >= 4 is 28.8 Å². The summed E-state index contributed by atoms with van der Waals surface area (Å²) in [6, 6.07) is 15.6. The number of nitro groups is 1. The average molecular weight is 497 g/mol. The minimum absolute atomic E-state index is 0.0659. The third-order valence-corrected chi connectivity index (χ3v) is 6.81. The van der Waals surface area contributed by atoms with Crippen LogP contribution in [0, 0.1) is 15.9 Å². The molecule has 0 atom stereocenters. The molecule has 0 bridgehead atoms. The van der Waals surface area contributed by atoms with E-state index in [0.29, 0.717) is 56.3 Å². The van der Waals surface area contributed by atoms with Gasteiger partial charge in [-0.1, -0.05) is 24.3 Å². The Morgan fingerprint density at radius 2 is 1.77 bits per heavy atom. The van der Waals surface area contributed by atoms with Crippen LogP contribution < -0.4 is 0 Å². The van der Waals surface area contributed by atoms with Gasteiger partial charge in [0.1, 0.15) is 5.82 Å². The molecule has 0 radical (unpaired) electrons. The lowest BCUT2D eigenvalue weighted by Crippen LogP contribution is -2.50. The van der Waals surface area contributed by atoms with Gasteiger partial charge in [-0.05, 0) is 35.2 Å². The van der Waals surface area contributed by atoms with E-state index in [9.17, 15) is 24.1 Å². The van der Waals surface area contributed by atoms with Gasteiger partial charge in [-0.3, -0.25) is 24.6 Å². The highest BCUT2D eigenvalue weighted by atomic mass is 32.1. The minimum atomic E-state index is -0.510. The molecule has 1 aliphatic heterocycles. The zero-order chi connectivity index (χ0) is 24.8. The molecule has 0 saturated carbocycles. The predicted octanol–water partition coefficient (Wildman–Crippen LogP) is 3.90. The number of halogens is 1. The molecule has 2 amide bonds. The number of benzene rings is 2. The van der Waals surface area contributed by atoms with Gasteiger partial charge < -0.3 is 9.80 Å². The maximum atomic E-state index is 13.3. The highest BCUT2D eigenvalue weighted by Crippen LogP contribution is 2.17. The van der Waals surface area contributed by atoms with Gasteiger partial charge >= 0.3 is 0 Å². The summed E-state index contributed by atoms with van der Waals surface area (Å²) in [5, 5.41) is 12.9. The molecular weight excluding hydrogens is 471 g/mol. The molecule has 0 aliphatic carbocycles. The molecule has 0 spiro atoms. The summed E-state index contributed by atoms with van der Waals surface area (Å²) >= 11 is 1.39. The zero-order valence-corrected chi connectivity index (χ0v) is 19.8. The van der Waals surface area contributed by atoms with E-state index in [4.69, 9.17) is 0 Å². The number of nitrogens with zero attached hydrogens (tertiary/aromatic N) is 4. The number of non-ortho nitro benzene ring substituents is 1. The van der Waals surface area contributed by atoms with Crippen molar-refractivity contribution in [2.75, 3.05) is 39.3 Å². The van der Waals surface area contributed by atoms with E-state index in [-0.39, 0.29) is 23.3 Å². The number of carbonyl (C=O) groups excluding carboxylic acids is 2. The van der Waals surface area contributed by atoms with Crippen molar-refractivity contribution < 1.29 is 18.9 Å². The van der Waals surface area contributed by atoms with Gasteiger partial charge in [0.15, 0.2) is 0 Å². The zero-order valence-electron chi connectivity index (χ0n) is 19.0. The van der Waals surface area contributed by atoms with E-state index in [0.717, 1.165) is 5.56 Å². The second kappa shape index (κ2) is 11.2. The van der Waals surface area contributed by atoms with Crippen LogP contribution in [0.4, 0.5) is 10.1 Å². The highest BCUT2D eigenvalue weighted by molar-refractivity contribution is 7.12. The van der Waals surface area contributed by atoms with E-state index < -0.39 is 4.92 Å². The van der Waals surface area contributed by atoms with Crippen LogP contribution in [-0.4, -0.2) is 70.7 Å². The van der Waals surface area contributed by atoms with E-state index in [1.807, 2.05) is 11.4 Å². The number of thiophene rings is 1. The summed E-state index contributed by atoms with van der Waals surface area (Å²) in [4.78, 5) is 42.7. The quantitative estimate of drug-likeness (QED) is 0.349. The van der Waals surface area contributed by atoms with Crippen LogP contribution in [0.15, 0.2) is 66.0 Å². The van der Waals surface area contributed by atoms with Crippen LogP contribution in [0.1, 0.15) is 25.6 Å². The van der Waals surface area contributed by atoms with Crippen molar-refractivity contribution in [3.63, 3.8) is 0 Å². The van der Waals surface area contributed by atoms with Crippen LogP contribution in [0.5, 0.6) is 0 Å². The van der Waals surface area contributed by atoms with E-state index >= 15 is 0 Å². The molecule has 182 valence electrons. The molecule has 10 heteroatoms. The molecule has 8 nitrogen and oxygen atoms in total. The summed E-state index contributed by atoms with van der Waals surface area (Å²) in [5.41, 5.74) is 1.05. The van der Waals surface area contributed by atoms with Crippen LogP contribution >= 0.6 is 11.3 Å². The van der Waals surface area contributed by atoms with Crippen LogP contribution in [0.25, 0.3) is 0 Å². The first-order valence-corrected chi connectivity index (χ1v) is 12.1. The Hall–Kier alpha value is -3.63. The predicted molar refractivity (Wildman–Crippen MR) is 131 cm³/mol. The van der Waals surface area contributed by atoms with E-state index in [2.05, 4.69) is 4.90 Å². The van der Waals surface area contributed by atoms with Crippen molar-refractivity contribution in [2.45, 2.75) is 6.54 Å². The molecule has 35 heavy (non-hydrogen) atoms. The van der Waals surface area contributed by atoms with Gasteiger partial charge in [0, 0.05) is 63.5 Å². The third-order valence-electron chi connectivity index (χ3n) is 5.96. The van der Waals surface area contributed by atoms with Gasteiger partial charge in [-0.15, -0.1) is 11.3 Å². The van der Waals surface area contributed by atoms with Crippen molar-refractivity contribution in [1.82, 2.24) is 14.7 Å². The summed E-state index contributed by atoms with van der Waals surface area (Å²) < 4.78 is 13.3. The molecular formula is C25H25FN4O4S. The van der Waals surface area contributed by atoms with Crippen molar-refractivity contribution in [3.8, 4) is 0 Å². The number of rotatable bonds is 8. The molecule has 1 saturated heterocycles. The molecule has 0 N–H and O–H groups in total. The first kappa shape index (κ1) is 24.5. The van der Waals surface area contributed by atoms with Gasteiger partial charge in [0.05, 0.1) is 9.80 Å². The molecule has 1 aromatic heterocycles. The van der Waals surface area contributed by atoms with Gasteiger partial charge in [0.25, 0.3) is 17.5 Å². The first-order valence-electron chi connectivity index (χ1n) is 11.2. The Morgan fingerprint density at radius 3 is 2.43 bits per heavy atom. The minimum Gasteiger partial charge on any atom is -0.336 e. The molecule has 2 heterocycles. The fourth-order valence-corrected chi connectivity index (χ4v) is 4.68. The van der Waals surface area contributed by atoms with Crippen LogP contribution in [0.3, 0.4) is 0 Å². The molecule has 3 aromatic rings. The molecule has 4 rings (SSSR count). The second-order valence-corrected chi connectivity index (χ2v) is 9.22. The van der Waals surface area contributed by atoms with Gasteiger partial charge in [-0.25, -0.2) is 4.39 Å². The Bertz CT molecular complexity index is 1180. The smallest absolute Gasteiger partial charge is 0.270 e. The summed E-state index contributed by atoms with van der Waals surface area (Å²) in [5.74, 6) is -0.606. The molecule has 0 unspecified atom stereocenters. The van der Waals surface area contributed by atoms with Crippen molar-refractivity contribution in [3.05, 3.63) is 98.0 Å². The van der Waals surface area contributed by atoms with Gasteiger partial charge in [0.2, 0.25) is 0 Å². The number of piperazine rings is 1. The Labute approximate surface area is 206 Å². The van der Waals surface area contributed by atoms with Gasteiger partial charge in [-0.2, -0.15) is 0 Å². The summed E-state index contributed by atoms with van der Waals surface area (Å²) in [7, 11) is 0. The number of hydrogen-bond donors (Lipinski definition) is 0. The monoisotopic (exact) mass is 496 g/mol. The van der Waals surface area contributed by atoms with Crippen molar-refractivity contribution in [1.29, 1.82) is 0 Å². The Kier molecular flexibility index (Phi) is 7.84. The largest absolute Gasteiger partial charge is 0.336 e. The van der Waals surface area contributed by atoms with Crippen LogP contribution in [-0.2, 0) is 6.54 Å². The Balaban J connectivity index is 1.34. The third kappa shape index (κ3) is 6.28. The van der Waals surface area contributed by atoms with E-state index in [1.165, 1.54) is 41.7 Å². The molecule has 2 aromatic carbocycles. The second-order valence-electron chi connectivity index (χ2n) is 8.27. The normalized spacial score (nSPS) is 14.0. The fourth-order valence-electron chi connectivity index (χ4n) is 3.99. The standard InChI is InChI=1S/C25H25FN4O4S/c26-21-8-6-19(7-9-21)18-29(25(32)23-5-2-16-35-23)15-12-27-10-13-28(14-11-27)24(31)20-3-1-4-22(17-20)30(33)34/h1-9,16-17H,10-15,18H2. The maximum Gasteiger partial charge on any atom is 0.270 e. The lowest BCUT2D eigenvalue weighted by molar-refractivity contribution is -0.384. The van der Waals surface area contributed by atoms with E-state index in [1.54, 1.807) is 34.1 Å². The number of nitro benzene ring substituents is 1. The topological polar surface area (TPSA) is 87.0 Å². The summed E-state index contributed by atoms with van der Waals surface area (Å²) in [6.45, 7) is 3.78. The number of hydrogen-bond acceptors (Lipinski definition) is 6. The highest BCUT2D eigenvalue weighted by Gasteiger charge is 2.24. The maximum absolute atomic E-state index is 13.3. The molecule has 1 fully saturated rings. The number of carbonyl (C=O) groups is 2. The Morgan fingerprint density at radius 1 is 1.03 bits per heavy atom. The average Bonchev–Trinajstić information content (AvgIpc) is 3.42. The number of amides is 2. The lowest BCUT2D eigenvalue weighted by atomic mass is 10.1. The van der Waals surface area contributed by atoms with Crippen molar-refractivity contribution in [2.24, 2.45) is 0 Å².